The van der Waals surface area contributed by atoms with Crippen molar-refractivity contribution in [3.05, 3.63) is 80.3 Å². The molecule has 0 atom stereocenters. The fourth-order valence-electron chi connectivity index (χ4n) is 3.17. The van der Waals surface area contributed by atoms with Crippen LogP contribution in [0.5, 0.6) is 0 Å². The number of aromatic nitrogens is 1. The number of benzene rings is 2. The fraction of sp³-hybridized carbons (Fsp3) is 0.0952. The van der Waals surface area contributed by atoms with E-state index in [-0.39, 0.29) is 11.3 Å². The van der Waals surface area contributed by atoms with Gasteiger partial charge in [0.1, 0.15) is 16.8 Å². The summed E-state index contributed by atoms with van der Waals surface area (Å²) in [6.07, 6.45) is 0. The minimum atomic E-state index is -0.787. The third-order valence-electron chi connectivity index (χ3n) is 4.67. The molecule has 7 nitrogen and oxygen atoms in total. The highest BCUT2D eigenvalue weighted by Crippen LogP contribution is 2.24. The zero-order chi connectivity index (χ0) is 20.7. The van der Waals surface area contributed by atoms with Gasteiger partial charge in [0.15, 0.2) is 0 Å². The topological polar surface area (TPSA) is 104 Å². The Bertz CT molecular complexity index is 1350. The highest BCUT2D eigenvalue weighted by molar-refractivity contribution is 6.31. The third-order valence-corrected chi connectivity index (χ3v) is 4.90. The molecule has 0 fully saturated rings. The first-order valence-electron chi connectivity index (χ1n) is 8.76. The largest absolute Gasteiger partial charge is 0.422 e. The van der Waals surface area contributed by atoms with Crippen molar-refractivity contribution < 1.29 is 14.0 Å². The predicted octanol–water partition coefficient (Wildman–Crippen LogP) is 3.62. The van der Waals surface area contributed by atoms with Crippen LogP contribution in [0.1, 0.15) is 32.0 Å². The van der Waals surface area contributed by atoms with Gasteiger partial charge in [0.2, 0.25) is 0 Å². The maximum absolute atomic E-state index is 12.5. The van der Waals surface area contributed by atoms with Crippen molar-refractivity contribution in [2.24, 2.45) is 0 Å². The van der Waals surface area contributed by atoms with Crippen LogP contribution in [-0.4, -0.2) is 16.8 Å². The Labute approximate surface area is 169 Å². The monoisotopic (exact) mass is 409 g/mol. The van der Waals surface area contributed by atoms with Gasteiger partial charge in [-0.1, -0.05) is 23.2 Å². The zero-order valence-electron chi connectivity index (χ0n) is 15.6. The van der Waals surface area contributed by atoms with Gasteiger partial charge < -0.3 is 9.40 Å². The smallest absolute Gasteiger partial charge is 0.349 e. The van der Waals surface area contributed by atoms with Crippen LogP contribution in [0.4, 0.5) is 0 Å². The molecule has 4 aromatic rings. The molecule has 2 aromatic carbocycles. The Hall–Kier alpha value is -3.58. The Morgan fingerprint density at radius 1 is 1.00 bits per heavy atom. The van der Waals surface area contributed by atoms with E-state index in [0.29, 0.717) is 21.6 Å². The van der Waals surface area contributed by atoms with E-state index in [9.17, 15) is 14.4 Å². The maximum atomic E-state index is 12.5. The van der Waals surface area contributed by atoms with Crippen LogP contribution in [0.15, 0.2) is 51.7 Å². The van der Waals surface area contributed by atoms with Crippen molar-refractivity contribution in [1.82, 2.24) is 15.8 Å². The third kappa shape index (κ3) is 3.48. The fourth-order valence-corrected chi connectivity index (χ4v) is 3.34. The number of amides is 2. The number of hydrogen-bond acceptors (Lipinski definition) is 4. The molecule has 0 radical (unpaired) electrons. The Kier molecular flexibility index (Phi) is 4.60. The minimum absolute atomic E-state index is 0.205. The summed E-state index contributed by atoms with van der Waals surface area (Å²) in [7, 11) is 0. The zero-order valence-corrected chi connectivity index (χ0v) is 16.3. The summed E-state index contributed by atoms with van der Waals surface area (Å²) in [4.78, 5) is 40.0. The van der Waals surface area contributed by atoms with E-state index in [2.05, 4.69) is 15.8 Å². The number of halogens is 1. The Balaban J connectivity index is 1.56. The van der Waals surface area contributed by atoms with E-state index < -0.39 is 17.4 Å². The van der Waals surface area contributed by atoms with E-state index in [1.54, 1.807) is 43.3 Å². The van der Waals surface area contributed by atoms with Crippen LogP contribution in [-0.2, 0) is 0 Å². The molecule has 0 saturated heterocycles. The van der Waals surface area contributed by atoms with Crippen LogP contribution in [0.25, 0.3) is 21.9 Å². The number of fused-ring (bicyclic) bond motifs is 2. The van der Waals surface area contributed by atoms with Crippen molar-refractivity contribution in [1.29, 1.82) is 0 Å². The first-order chi connectivity index (χ1) is 13.8. The molecular formula is C21H16ClN3O4. The van der Waals surface area contributed by atoms with E-state index in [0.717, 1.165) is 16.5 Å². The van der Waals surface area contributed by atoms with Crippen LogP contribution in [0.2, 0.25) is 5.02 Å². The molecule has 0 spiro atoms. The van der Waals surface area contributed by atoms with Crippen molar-refractivity contribution in [2.75, 3.05) is 0 Å². The molecule has 0 bridgehead atoms. The van der Waals surface area contributed by atoms with Gasteiger partial charge in [-0.15, -0.1) is 0 Å². The summed E-state index contributed by atoms with van der Waals surface area (Å²) in [6.45, 7) is 3.66. The summed E-state index contributed by atoms with van der Waals surface area (Å²) in [5.41, 5.74) is 6.64. The van der Waals surface area contributed by atoms with Crippen LogP contribution < -0.4 is 16.5 Å². The lowest BCUT2D eigenvalue weighted by Crippen LogP contribution is -2.43. The number of hydrazine groups is 1. The second-order valence-electron chi connectivity index (χ2n) is 6.71. The number of aromatic amines is 1. The van der Waals surface area contributed by atoms with Gasteiger partial charge in [0.05, 0.1) is 0 Å². The van der Waals surface area contributed by atoms with Crippen molar-refractivity contribution in [2.45, 2.75) is 13.8 Å². The maximum Gasteiger partial charge on any atom is 0.349 e. The lowest BCUT2D eigenvalue weighted by Gasteiger charge is -2.07. The van der Waals surface area contributed by atoms with Crippen LogP contribution in [0, 0.1) is 13.8 Å². The number of rotatable bonds is 2. The Morgan fingerprint density at radius 3 is 2.55 bits per heavy atom. The summed E-state index contributed by atoms with van der Waals surface area (Å²) in [5.74, 6) is -1.32. The van der Waals surface area contributed by atoms with Gasteiger partial charge in [-0.25, -0.2) is 4.79 Å². The molecule has 0 saturated carbocycles. The van der Waals surface area contributed by atoms with E-state index >= 15 is 0 Å². The number of hydrogen-bond donors (Lipinski definition) is 3. The SMILES string of the molecule is Cc1ccc2oc(=O)c(C(=O)NNC(=O)c3[nH]c4ccc(Cl)cc4c3C)cc2c1. The summed E-state index contributed by atoms with van der Waals surface area (Å²) in [5, 5.41) is 1.97. The first-order valence-corrected chi connectivity index (χ1v) is 9.14. The number of carbonyl (C=O) groups excluding carboxylic acids is 2. The summed E-state index contributed by atoms with van der Waals surface area (Å²) < 4.78 is 5.18. The van der Waals surface area contributed by atoms with Crippen LogP contribution >= 0.6 is 11.6 Å². The second kappa shape index (κ2) is 7.10. The molecule has 8 heteroatoms. The van der Waals surface area contributed by atoms with Crippen molar-refractivity contribution in [3.63, 3.8) is 0 Å². The highest BCUT2D eigenvalue weighted by Gasteiger charge is 2.18. The summed E-state index contributed by atoms with van der Waals surface area (Å²) in [6, 6.07) is 11.9. The molecule has 146 valence electrons. The minimum Gasteiger partial charge on any atom is -0.422 e. The lowest BCUT2D eigenvalue weighted by atomic mass is 10.1. The molecule has 4 rings (SSSR count). The van der Waals surface area contributed by atoms with Crippen molar-refractivity contribution in [3.8, 4) is 0 Å². The van der Waals surface area contributed by atoms with Crippen LogP contribution in [0.3, 0.4) is 0 Å². The van der Waals surface area contributed by atoms with Gasteiger partial charge in [0, 0.05) is 21.3 Å². The van der Waals surface area contributed by atoms with Gasteiger partial charge in [-0.05, 0) is 55.8 Å². The van der Waals surface area contributed by atoms with E-state index in [1.807, 2.05) is 6.92 Å². The number of H-pyrrole nitrogens is 1. The molecule has 29 heavy (non-hydrogen) atoms. The molecule has 0 aliphatic rings. The predicted molar refractivity (Wildman–Crippen MR) is 110 cm³/mol. The molecule has 0 aliphatic carbocycles. The summed E-state index contributed by atoms with van der Waals surface area (Å²) >= 11 is 6.01. The molecule has 2 heterocycles. The average Bonchev–Trinajstić information content (AvgIpc) is 3.02. The van der Waals surface area contributed by atoms with E-state index in [1.165, 1.54) is 6.07 Å². The standard InChI is InChI=1S/C21H16ClN3O4/c1-10-3-6-17-12(7-10)8-15(21(28)29-17)19(26)24-25-20(27)18-11(2)14-9-13(22)4-5-16(14)23-18/h3-9,23H,1-2H3,(H,24,26)(H,25,27). The molecular weight excluding hydrogens is 394 g/mol. The molecule has 0 aliphatic heterocycles. The van der Waals surface area contributed by atoms with E-state index in [4.69, 9.17) is 16.0 Å². The number of carbonyl (C=O) groups is 2. The first kappa shape index (κ1) is 18.8. The molecule has 2 aromatic heterocycles. The van der Waals surface area contributed by atoms with Gasteiger partial charge in [0.25, 0.3) is 11.8 Å². The number of aryl methyl sites for hydroxylation is 2. The lowest BCUT2D eigenvalue weighted by molar-refractivity contribution is 0.0842. The average molecular weight is 410 g/mol. The normalized spacial score (nSPS) is 11.0. The number of nitrogens with one attached hydrogen (secondary N) is 3. The molecule has 2 amide bonds. The van der Waals surface area contributed by atoms with Gasteiger partial charge in [-0.3, -0.25) is 20.4 Å². The quantitative estimate of drug-likeness (QED) is 0.347. The Morgan fingerprint density at radius 2 is 1.76 bits per heavy atom. The second-order valence-corrected chi connectivity index (χ2v) is 7.15. The van der Waals surface area contributed by atoms with Crippen molar-refractivity contribution >= 4 is 45.3 Å². The van der Waals surface area contributed by atoms with Gasteiger partial charge in [-0.2, -0.15) is 0 Å². The highest BCUT2D eigenvalue weighted by atomic mass is 35.5. The molecule has 0 unspecified atom stereocenters. The van der Waals surface area contributed by atoms with Gasteiger partial charge >= 0.3 is 5.63 Å². The molecule has 3 N–H and O–H groups in total.